The second-order valence-electron chi connectivity index (χ2n) is 6.27. The van der Waals surface area contributed by atoms with Gasteiger partial charge in [0, 0.05) is 32.3 Å². The van der Waals surface area contributed by atoms with E-state index in [1.807, 2.05) is 7.05 Å². The first kappa shape index (κ1) is 15.6. The predicted octanol–water partition coefficient (Wildman–Crippen LogP) is 1.20. The SMILES string of the molecule is CN=C(NCC1CCCO1)NCC1(N(C)C)CCCC1. The number of hydrogen-bond acceptors (Lipinski definition) is 3. The smallest absolute Gasteiger partial charge is 0.191 e. The molecule has 2 rings (SSSR count). The van der Waals surface area contributed by atoms with Crippen molar-refractivity contribution in [1.29, 1.82) is 0 Å². The molecule has 0 amide bonds. The molecule has 5 heteroatoms. The summed E-state index contributed by atoms with van der Waals surface area (Å²) in [6, 6.07) is 0. The summed E-state index contributed by atoms with van der Waals surface area (Å²) in [6.45, 7) is 2.72. The molecule has 20 heavy (non-hydrogen) atoms. The van der Waals surface area contributed by atoms with Gasteiger partial charge in [0.15, 0.2) is 5.96 Å². The summed E-state index contributed by atoms with van der Waals surface area (Å²) >= 11 is 0. The maximum Gasteiger partial charge on any atom is 0.191 e. The molecule has 0 radical (unpaired) electrons. The molecule has 0 bridgehead atoms. The van der Waals surface area contributed by atoms with Gasteiger partial charge in [0.25, 0.3) is 0 Å². The molecule has 116 valence electrons. The van der Waals surface area contributed by atoms with Gasteiger partial charge in [-0.2, -0.15) is 0 Å². The van der Waals surface area contributed by atoms with Crippen molar-refractivity contribution < 1.29 is 4.74 Å². The highest BCUT2D eigenvalue weighted by Crippen LogP contribution is 2.32. The lowest BCUT2D eigenvalue weighted by Gasteiger charge is -2.37. The third kappa shape index (κ3) is 3.85. The van der Waals surface area contributed by atoms with Gasteiger partial charge in [-0.25, -0.2) is 0 Å². The summed E-state index contributed by atoms with van der Waals surface area (Å²) in [5.74, 6) is 0.897. The summed E-state index contributed by atoms with van der Waals surface area (Å²) in [5, 5.41) is 6.89. The van der Waals surface area contributed by atoms with Gasteiger partial charge in [0.1, 0.15) is 0 Å². The second-order valence-corrected chi connectivity index (χ2v) is 6.27. The molecule has 1 atom stereocenters. The minimum atomic E-state index is 0.293. The largest absolute Gasteiger partial charge is 0.376 e. The zero-order valence-electron chi connectivity index (χ0n) is 13.2. The van der Waals surface area contributed by atoms with Crippen molar-refractivity contribution in [2.24, 2.45) is 4.99 Å². The molecule has 2 aliphatic rings. The molecule has 0 aromatic rings. The fraction of sp³-hybridized carbons (Fsp3) is 0.933. The van der Waals surface area contributed by atoms with Crippen molar-refractivity contribution in [2.45, 2.75) is 50.2 Å². The Morgan fingerprint density at radius 2 is 2.00 bits per heavy atom. The molecule has 1 unspecified atom stereocenters. The highest BCUT2D eigenvalue weighted by atomic mass is 16.5. The third-order valence-corrected chi connectivity index (χ3v) is 4.81. The number of nitrogens with one attached hydrogen (secondary N) is 2. The lowest BCUT2D eigenvalue weighted by atomic mass is 9.96. The lowest BCUT2D eigenvalue weighted by Crippen LogP contribution is -2.53. The number of aliphatic imine (C=N–C) groups is 1. The van der Waals surface area contributed by atoms with Gasteiger partial charge in [-0.3, -0.25) is 4.99 Å². The van der Waals surface area contributed by atoms with E-state index < -0.39 is 0 Å². The molecular weight excluding hydrogens is 252 g/mol. The predicted molar refractivity (Wildman–Crippen MR) is 83.2 cm³/mol. The number of likely N-dealkylation sites (N-methyl/N-ethyl adjacent to an activating group) is 1. The normalized spacial score (nSPS) is 26.2. The van der Waals surface area contributed by atoms with Crippen LogP contribution >= 0.6 is 0 Å². The molecular formula is C15H30N4O. The first-order valence-corrected chi connectivity index (χ1v) is 7.90. The van der Waals surface area contributed by atoms with E-state index in [-0.39, 0.29) is 0 Å². The highest BCUT2D eigenvalue weighted by Gasteiger charge is 2.35. The quantitative estimate of drug-likeness (QED) is 0.588. The van der Waals surface area contributed by atoms with Crippen LogP contribution in [0.2, 0.25) is 0 Å². The minimum absolute atomic E-state index is 0.293. The number of nitrogens with zero attached hydrogens (tertiary/aromatic N) is 2. The number of hydrogen-bond donors (Lipinski definition) is 2. The van der Waals surface area contributed by atoms with E-state index in [2.05, 4.69) is 34.6 Å². The Bertz CT molecular complexity index is 318. The zero-order chi connectivity index (χ0) is 14.4. The number of rotatable bonds is 5. The van der Waals surface area contributed by atoms with Crippen LogP contribution in [0.15, 0.2) is 4.99 Å². The molecule has 1 aliphatic heterocycles. The van der Waals surface area contributed by atoms with Crippen LogP contribution in [0.1, 0.15) is 38.5 Å². The molecule has 1 saturated carbocycles. The van der Waals surface area contributed by atoms with Crippen molar-refractivity contribution >= 4 is 5.96 Å². The Labute approximate surface area is 123 Å². The Morgan fingerprint density at radius 3 is 2.55 bits per heavy atom. The summed E-state index contributed by atoms with van der Waals surface area (Å²) in [4.78, 5) is 6.70. The minimum Gasteiger partial charge on any atom is -0.376 e. The molecule has 1 saturated heterocycles. The fourth-order valence-electron chi connectivity index (χ4n) is 3.30. The van der Waals surface area contributed by atoms with Gasteiger partial charge >= 0.3 is 0 Å². The van der Waals surface area contributed by atoms with Crippen LogP contribution < -0.4 is 10.6 Å². The molecule has 2 fully saturated rings. The Balaban J connectivity index is 1.77. The van der Waals surface area contributed by atoms with Crippen molar-refractivity contribution in [2.75, 3.05) is 40.8 Å². The first-order chi connectivity index (χ1) is 9.66. The van der Waals surface area contributed by atoms with Crippen LogP contribution in [-0.2, 0) is 4.74 Å². The number of guanidine groups is 1. The number of ether oxygens (including phenoxy) is 1. The van der Waals surface area contributed by atoms with Crippen molar-refractivity contribution in [3.05, 3.63) is 0 Å². The van der Waals surface area contributed by atoms with Crippen LogP contribution in [0, 0.1) is 0 Å². The van der Waals surface area contributed by atoms with E-state index in [0.717, 1.165) is 32.1 Å². The van der Waals surface area contributed by atoms with Crippen molar-refractivity contribution in [3.8, 4) is 0 Å². The standard InChI is InChI=1S/C15H30N4O/c1-16-14(17-11-13-7-6-10-20-13)18-12-15(19(2)3)8-4-5-9-15/h13H,4-12H2,1-3H3,(H2,16,17,18). The maximum absolute atomic E-state index is 5.63. The summed E-state index contributed by atoms with van der Waals surface area (Å²) < 4.78 is 5.63. The first-order valence-electron chi connectivity index (χ1n) is 7.90. The molecule has 5 nitrogen and oxygen atoms in total. The zero-order valence-corrected chi connectivity index (χ0v) is 13.2. The van der Waals surface area contributed by atoms with Crippen molar-refractivity contribution in [1.82, 2.24) is 15.5 Å². The summed E-state index contributed by atoms with van der Waals surface area (Å²) in [5.41, 5.74) is 0.293. The molecule has 1 heterocycles. The summed E-state index contributed by atoms with van der Waals surface area (Å²) in [6.07, 6.45) is 7.91. The van der Waals surface area contributed by atoms with E-state index in [1.165, 1.54) is 32.1 Å². The van der Waals surface area contributed by atoms with E-state index in [4.69, 9.17) is 4.74 Å². The Hall–Kier alpha value is -0.810. The maximum atomic E-state index is 5.63. The topological polar surface area (TPSA) is 48.9 Å². The average molecular weight is 282 g/mol. The van der Waals surface area contributed by atoms with E-state index in [9.17, 15) is 0 Å². The molecule has 2 N–H and O–H groups in total. The van der Waals surface area contributed by atoms with Gasteiger partial charge in [-0.1, -0.05) is 12.8 Å². The molecule has 0 aromatic carbocycles. The third-order valence-electron chi connectivity index (χ3n) is 4.81. The van der Waals surface area contributed by atoms with Crippen LogP contribution in [0.5, 0.6) is 0 Å². The van der Waals surface area contributed by atoms with E-state index in [1.54, 1.807) is 0 Å². The van der Waals surface area contributed by atoms with E-state index in [0.29, 0.717) is 11.6 Å². The molecule has 1 aliphatic carbocycles. The Morgan fingerprint density at radius 1 is 1.25 bits per heavy atom. The second kappa shape index (κ2) is 7.27. The fourth-order valence-corrected chi connectivity index (χ4v) is 3.30. The monoisotopic (exact) mass is 282 g/mol. The van der Waals surface area contributed by atoms with E-state index >= 15 is 0 Å². The van der Waals surface area contributed by atoms with Gasteiger partial charge in [0.05, 0.1) is 6.10 Å². The van der Waals surface area contributed by atoms with Crippen LogP contribution in [0.25, 0.3) is 0 Å². The van der Waals surface area contributed by atoms with Gasteiger partial charge in [-0.05, 0) is 39.8 Å². The highest BCUT2D eigenvalue weighted by molar-refractivity contribution is 5.79. The molecule has 0 aromatic heterocycles. The summed E-state index contributed by atoms with van der Waals surface area (Å²) in [7, 11) is 6.22. The average Bonchev–Trinajstić information content (AvgIpc) is 3.10. The van der Waals surface area contributed by atoms with Gasteiger partial charge in [0.2, 0.25) is 0 Å². The Kier molecular flexibility index (Phi) is 5.66. The van der Waals surface area contributed by atoms with Gasteiger partial charge in [-0.15, -0.1) is 0 Å². The van der Waals surface area contributed by atoms with Crippen LogP contribution in [-0.4, -0.2) is 63.3 Å². The van der Waals surface area contributed by atoms with Gasteiger partial charge < -0.3 is 20.3 Å². The van der Waals surface area contributed by atoms with Crippen LogP contribution in [0.4, 0.5) is 0 Å². The lowest BCUT2D eigenvalue weighted by molar-refractivity contribution is 0.113. The van der Waals surface area contributed by atoms with Crippen LogP contribution in [0.3, 0.4) is 0 Å². The molecule has 0 spiro atoms. The van der Waals surface area contributed by atoms with Crippen molar-refractivity contribution in [3.63, 3.8) is 0 Å².